The van der Waals surface area contributed by atoms with Crippen LogP contribution in [-0.2, 0) is 4.79 Å². The molecule has 0 bridgehead atoms. The van der Waals surface area contributed by atoms with Gasteiger partial charge in [0.2, 0.25) is 0 Å². The molecule has 0 aliphatic heterocycles. The number of nitrogens with two attached hydrogens (primary N) is 1. The van der Waals surface area contributed by atoms with Crippen molar-refractivity contribution in [3.8, 4) is 6.07 Å². The van der Waals surface area contributed by atoms with Crippen molar-refractivity contribution in [2.45, 2.75) is 19.8 Å². The molecule has 1 aliphatic rings. The van der Waals surface area contributed by atoms with Crippen molar-refractivity contribution >= 4 is 5.91 Å². The van der Waals surface area contributed by atoms with Crippen molar-refractivity contribution in [3.63, 3.8) is 0 Å². The number of nitriles is 1. The molecule has 0 atom stereocenters. The molecular weight excluding hydrogens is 166 g/mol. The van der Waals surface area contributed by atoms with Crippen LogP contribution in [-0.4, -0.2) is 12.5 Å². The normalized spacial score (nSPS) is 17.2. The molecule has 3 N–H and O–H groups in total. The van der Waals surface area contributed by atoms with Crippen LogP contribution in [0.1, 0.15) is 19.8 Å². The molecule has 0 aromatic rings. The van der Waals surface area contributed by atoms with Gasteiger partial charge in [-0.15, -0.1) is 0 Å². The molecule has 4 nitrogen and oxygen atoms in total. The maximum Gasteiger partial charge on any atom is 0.263 e. The highest BCUT2D eigenvalue weighted by atomic mass is 16.1. The lowest BCUT2D eigenvalue weighted by atomic mass is 10.2. The fourth-order valence-electron chi connectivity index (χ4n) is 0.965. The van der Waals surface area contributed by atoms with E-state index in [1.54, 1.807) is 13.0 Å². The molecule has 0 heterocycles. The number of amides is 1. The van der Waals surface area contributed by atoms with E-state index in [0.717, 1.165) is 0 Å². The Kier molecular flexibility index (Phi) is 2.91. The molecule has 0 aromatic carbocycles. The number of carbonyl (C=O) groups excluding carboxylic acids is 1. The van der Waals surface area contributed by atoms with Crippen LogP contribution >= 0.6 is 0 Å². The monoisotopic (exact) mass is 179 g/mol. The Morgan fingerprint density at radius 2 is 2.31 bits per heavy atom. The zero-order valence-corrected chi connectivity index (χ0v) is 7.63. The Balaban J connectivity index is 2.45. The van der Waals surface area contributed by atoms with Gasteiger partial charge in [0, 0.05) is 12.2 Å². The van der Waals surface area contributed by atoms with Gasteiger partial charge in [-0.2, -0.15) is 5.26 Å². The van der Waals surface area contributed by atoms with E-state index >= 15 is 0 Å². The zero-order chi connectivity index (χ0) is 9.84. The van der Waals surface area contributed by atoms with E-state index in [-0.39, 0.29) is 17.2 Å². The van der Waals surface area contributed by atoms with Crippen LogP contribution in [0.2, 0.25) is 0 Å². The maximum atomic E-state index is 11.3. The topological polar surface area (TPSA) is 78.9 Å². The van der Waals surface area contributed by atoms with Crippen molar-refractivity contribution < 1.29 is 4.79 Å². The second-order valence-corrected chi connectivity index (χ2v) is 3.32. The molecule has 0 spiro atoms. The Labute approximate surface area is 77.4 Å². The highest BCUT2D eigenvalue weighted by Gasteiger charge is 2.22. The van der Waals surface area contributed by atoms with E-state index in [0.29, 0.717) is 12.5 Å². The van der Waals surface area contributed by atoms with Crippen LogP contribution in [0.4, 0.5) is 0 Å². The molecule has 70 valence electrons. The van der Waals surface area contributed by atoms with E-state index in [9.17, 15) is 4.79 Å². The quantitative estimate of drug-likeness (QED) is 0.482. The standard InChI is InChI=1S/C9H13N3O/c1-6(11)8(4-10)9(13)12-5-7-2-3-7/h7H,2-3,5,11H2,1H3,(H,12,13)/b8-6-. The number of rotatable bonds is 3. The first-order chi connectivity index (χ1) is 6.15. The van der Waals surface area contributed by atoms with Crippen molar-refractivity contribution in [3.05, 3.63) is 11.3 Å². The summed E-state index contributed by atoms with van der Waals surface area (Å²) in [6.07, 6.45) is 2.35. The summed E-state index contributed by atoms with van der Waals surface area (Å²) in [6.45, 7) is 2.21. The van der Waals surface area contributed by atoms with Crippen LogP contribution in [0.15, 0.2) is 11.3 Å². The first kappa shape index (κ1) is 9.59. The summed E-state index contributed by atoms with van der Waals surface area (Å²) >= 11 is 0. The van der Waals surface area contributed by atoms with Gasteiger partial charge in [0.05, 0.1) is 0 Å². The van der Waals surface area contributed by atoms with Gasteiger partial charge in [0.15, 0.2) is 0 Å². The average Bonchev–Trinajstić information content (AvgIpc) is 2.84. The van der Waals surface area contributed by atoms with Gasteiger partial charge in [-0.25, -0.2) is 0 Å². The summed E-state index contributed by atoms with van der Waals surface area (Å²) in [5, 5.41) is 11.3. The fourth-order valence-corrected chi connectivity index (χ4v) is 0.965. The van der Waals surface area contributed by atoms with Crippen molar-refractivity contribution in [1.82, 2.24) is 5.32 Å². The molecule has 1 aliphatic carbocycles. The molecule has 1 amide bonds. The van der Waals surface area contributed by atoms with Gasteiger partial charge in [-0.05, 0) is 25.7 Å². The fraction of sp³-hybridized carbons (Fsp3) is 0.556. The first-order valence-electron chi connectivity index (χ1n) is 4.29. The first-order valence-corrected chi connectivity index (χ1v) is 4.29. The molecule has 4 heteroatoms. The van der Waals surface area contributed by atoms with Crippen molar-refractivity contribution in [1.29, 1.82) is 5.26 Å². The Morgan fingerprint density at radius 3 is 2.69 bits per heavy atom. The highest BCUT2D eigenvalue weighted by molar-refractivity contribution is 5.97. The van der Waals surface area contributed by atoms with E-state index in [2.05, 4.69) is 5.32 Å². The van der Waals surface area contributed by atoms with Crippen molar-refractivity contribution in [2.24, 2.45) is 11.7 Å². The summed E-state index contributed by atoms with van der Waals surface area (Å²) in [6, 6.07) is 1.79. The van der Waals surface area contributed by atoms with Gasteiger partial charge in [-0.1, -0.05) is 0 Å². The van der Waals surface area contributed by atoms with Gasteiger partial charge in [0.1, 0.15) is 11.6 Å². The number of hydrogen-bond donors (Lipinski definition) is 2. The zero-order valence-electron chi connectivity index (χ0n) is 7.63. The third kappa shape index (κ3) is 2.79. The van der Waals surface area contributed by atoms with Gasteiger partial charge in [-0.3, -0.25) is 4.79 Å². The number of nitrogens with zero attached hydrogens (tertiary/aromatic N) is 1. The number of nitrogens with one attached hydrogen (secondary N) is 1. The molecule has 0 saturated heterocycles. The second kappa shape index (κ2) is 3.94. The van der Waals surface area contributed by atoms with Gasteiger partial charge >= 0.3 is 0 Å². The predicted molar refractivity (Wildman–Crippen MR) is 48.2 cm³/mol. The molecule has 0 aromatic heterocycles. The minimum absolute atomic E-state index is 0.0284. The molecule has 1 fully saturated rings. The second-order valence-electron chi connectivity index (χ2n) is 3.32. The maximum absolute atomic E-state index is 11.3. The van der Waals surface area contributed by atoms with E-state index < -0.39 is 0 Å². The van der Waals surface area contributed by atoms with Crippen molar-refractivity contribution in [2.75, 3.05) is 6.54 Å². The number of carbonyl (C=O) groups is 1. The lowest BCUT2D eigenvalue weighted by molar-refractivity contribution is -0.117. The molecule has 0 radical (unpaired) electrons. The number of allylic oxidation sites excluding steroid dienone is 1. The summed E-state index contributed by atoms with van der Waals surface area (Å²) in [5.41, 5.74) is 5.67. The van der Waals surface area contributed by atoms with E-state index in [1.165, 1.54) is 12.8 Å². The lowest BCUT2D eigenvalue weighted by Crippen LogP contribution is -2.28. The van der Waals surface area contributed by atoms with Crippen LogP contribution < -0.4 is 11.1 Å². The highest BCUT2D eigenvalue weighted by Crippen LogP contribution is 2.27. The van der Waals surface area contributed by atoms with Crippen LogP contribution in [0.5, 0.6) is 0 Å². The lowest BCUT2D eigenvalue weighted by Gasteiger charge is -2.02. The van der Waals surface area contributed by atoms with Crippen LogP contribution in [0.25, 0.3) is 0 Å². The molecule has 0 unspecified atom stereocenters. The smallest absolute Gasteiger partial charge is 0.263 e. The molecule has 1 rings (SSSR count). The van der Waals surface area contributed by atoms with Gasteiger partial charge in [0.25, 0.3) is 5.91 Å². The van der Waals surface area contributed by atoms with E-state index in [4.69, 9.17) is 11.0 Å². The van der Waals surface area contributed by atoms with E-state index in [1.807, 2.05) is 0 Å². The summed E-state index contributed by atoms with van der Waals surface area (Å²) in [4.78, 5) is 11.3. The third-order valence-electron chi connectivity index (χ3n) is 1.98. The minimum atomic E-state index is -0.352. The summed E-state index contributed by atoms with van der Waals surface area (Å²) in [7, 11) is 0. The van der Waals surface area contributed by atoms with Crippen LogP contribution in [0, 0.1) is 17.2 Å². The van der Waals surface area contributed by atoms with Crippen LogP contribution in [0.3, 0.4) is 0 Å². The Bertz CT molecular complexity index is 280. The van der Waals surface area contributed by atoms with Gasteiger partial charge < -0.3 is 11.1 Å². The summed E-state index contributed by atoms with van der Waals surface area (Å²) in [5.74, 6) is 0.261. The molecule has 1 saturated carbocycles. The molecule has 13 heavy (non-hydrogen) atoms. The minimum Gasteiger partial charge on any atom is -0.401 e. The Morgan fingerprint density at radius 1 is 1.69 bits per heavy atom. The largest absolute Gasteiger partial charge is 0.401 e. The molecular formula is C9H13N3O. The Hall–Kier alpha value is -1.50. The number of hydrogen-bond acceptors (Lipinski definition) is 3. The average molecular weight is 179 g/mol. The SMILES string of the molecule is C/C(N)=C(\C#N)C(=O)NCC1CC1. The predicted octanol–water partition coefficient (Wildman–Crippen LogP) is 0.269. The third-order valence-corrected chi connectivity index (χ3v) is 1.98. The summed E-state index contributed by atoms with van der Waals surface area (Å²) < 4.78 is 0.